The molecule has 6 nitrogen and oxygen atoms in total. The van der Waals surface area contributed by atoms with Crippen LogP contribution in [0.3, 0.4) is 0 Å². The van der Waals surface area contributed by atoms with Crippen LogP contribution in [0, 0.1) is 0 Å². The van der Waals surface area contributed by atoms with Crippen molar-refractivity contribution in [3.05, 3.63) is 35.5 Å². The van der Waals surface area contributed by atoms with Crippen molar-refractivity contribution in [3.63, 3.8) is 0 Å². The minimum atomic E-state index is -0.111. The van der Waals surface area contributed by atoms with E-state index in [0.717, 1.165) is 11.5 Å². The largest absolute Gasteiger partial charge is 0.486 e. The summed E-state index contributed by atoms with van der Waals surface area (Å²) in [7, 11) is 0. The number of para-hydroxylation sites is 2. The summed E-state index contributed by atoms with van der Waals surface area (Å²) < 4.78 is 11.4. The molecule has 0 bridgehead atoms. The van der Waals surface area contributed by atoms with E-state index in [9.17, 15) is 0 Å². The van der Waals surface area contributed by atoms with Crippen LogP contribution in [0.5, 0.6) is 11.5 Å². The average Bonchev–Trinajstić information content (AvgIpc) is 2.44. The number of halogens is 1. The molecular formula is C13H13ClN4O2. The number of nitrogen functional groups attached to an aromatic ring is 1. The monoisotopic (exact) mass is 292 g/mol. The summed E-state index contributed by atoms with van der Waals surface area (Å²) in [5.41, 5.74) is 5.53. The zero-order valence-electron chi connectivity index (χ0n) is 10.5. The number of nitrogens with zero attached hydrogens (tertiary/aromatic N) is 2. The van der Waals surface area contributed by atoms with E-state index in [0.29, 0.717) is 24.1 Å². The maximum absolute atomic E-state index is 5.82. The lowest BCUT2D eigenvalue weighted by Crippen LogP contribution is -2.35. The van der Waals surface area contributed by atoms with E-state index < -0.39 is 0 Å². The van der Waals surface area contributed by atoms with Gasteiger partial charge in [0.2, 0.25) is 5.95 Å². The number of nitrogens with one attached hydrogen (secondary N) is 1. The van der Waals surface area contributed by atoms with Gasteiger partial charge in [-0.1, -0.05) is 23.7 Å². The Morgan fingerprint density at radius 3 is 2.90 bits per heavy atom. The Hall–Kier alpha value is -2.21. The van der Waals surface area contributed by atoms with E-state index in [1.165, 1.54) is 0 Å². The van der Waals surface area contributed by atoms with Crippen molar-refractivity contribution in [2.45, 2.75) is 6.10 Å². The van der Waals surface area contributed by atoms with Crippen molar-refractivity contribution >= 4 is 23.4 Å². The number of aromatic nitrogens is 2. The molecule has 2 heterocycles. The van der Waals surface area contributed by atoms with Crippen LogP contribution >= 0.6 is 11.6 Å². The van der Waals surface area contributed by atoms with Gasteiger partial charge in [-0.25, -0.2) is 4.98 Å². The van der Waals surface area contributed by atoms with Gasteiger partial charge < -0.3 is 20.5 Å². The first-order valence-electron chi connectivity index (χ1n) is 6.13. The van der Waals surface area contributed by atoms with Crippen LogP contribution in [0.25, 0.3) is 0 Å². The Morgan fingerprint density at radius 2 is 2.10 bits per heavy atom. The number of hydrogen-bond donors (Lipinski definition) is 2. The second-order valence-electron chi connectivity index (χ2n) is 4.31. The molecule has 3 N–H and O–H groups in total. The number of anilines is 2. The Kier molecular flexibility index (Phi) is 3.47. The quantitative estimate of drug-likeness (QED) is 0.842. The lowest BCUT2D eigenvalue weighted by molar-refractivity contribution is 0.0997. The van der Waals surface area contributed by atoms with Gasteiger partial charge in [0.25, 0.3) is 0 Å². The Bertz CT molecular complexity index is 603. The summed E-state index contributed by atoms with van der Waals surface area (Å²) in [6.07, 6.45) is -0.111. The molecule has 0 radical (unpaired) electrons. The fourth-order valence-corrected chi connectivity index (χ4v) is 2.10. The number of fused-ring (bicyclic) bond motifs is 1. The van der Waals surface area contributed by atoms with Gasteiger partial charge in [0.1, 0.15) is 23.7 Å². The normalized spacial score (nSPS) is 16.8. The highest BCUT2D eigenvalue weighted by molar-refractivity contribution is 6.29. The van der Waals surface area contributed by atoms with Crippen LogP contribution in [0.2, 0.25) is 5.15 Å². The third-order valence-corrected chi connectivity index (χ3v) is 2.98. The highest BCUT2D eigenvalue weighted by Crippen LogP contribution is 2.30. The second kappa shape index (κ2) is 5.42. The van der Waals surface area contributed by atoms with Crippen LogP contribution in [-0.2, 0) is 0 Å². The first-order valence-corrected chi connectivity index (χ1v) is 6.51. The fraction of sp³-hybridized carbons (Fsp3) is 0.231. The maximum atomic E-state index is 5.82. The van der Waals surface area contributed by atoms with E-state index in [1.807, 2.05) is 24.3 Å². The first-order chi connectivity index (χ1) is 9.70. The molecule has 104 valence electrons. The van der Waals surface area contributed by atoms with Crippen LogP contribution in [-0.4, -0.2) is 29.2 Å². The van der Waals surface area contributed by atoms with E-state index >= 15 is 0 Å². The van der Waals surface area contributed by atoms with Crippen LogP contribution < -0.4 is 20.5 Å². The SMILES string of the molecule is Nc1nc(Cl)cc(NC[C@@H]2COc3ccccc3O2)n1. The number of ether oxygens (including phenoxy) is 2. The van der Waals surface area contributed by atoms with Crippen LogP contribution in [0.4, 0.5) is 11.8 Å². The average molecular weight is 293 g/mol. The van der Waals surface area contributed by atoms with Crippen LogP contribution in [0.1, 0.15) is 0 Å². The molecule has 1 aliphatic rings. The minimum Gasteiger partial charge on any atom is -0.486 e. The van der Waals surface area contributed by atoms with Gasteiger partial charge in [-0.2, -0.15) is 4.98 Å². The predicted octanol–water partition coefficient (Wildman–Crippen LogP) is 1.96. The van der Waals surface area contributed by atoms with E-state index in [-0.39, 0.29) is 12.1 Å². The number of rotatable bonds is 3. The molecule has 0 saturated heterocycles. The molecule has 1 aromatic heterocycles. The third-order valence-electron chi connectivity index (χ3n) is 2.79. The van der Waals surface area contributed by atoms with E-state index in [1.54, 1.807) is 6.07 Å². The van der Waals surface area contributed by atoms with Crippen molar-refractivity contribution in [2.24, 2.45) is 0 Å². The molecule has 0 saturated carbocycles. The summed E-state index contributed by atoms with van der Waals surface area (Å²) in [5.74, 6) is 2.19. The molecule has 1 aromatic carbocycles. The van der Waals surface area contributed by atoms with Gasteiger partial charge >= 0.3 is 0 Å². The van der Waals surface area contributed by atoms with Gasteiger partial charge in [0, 0.05) is 6.07 Å². The molecule has 0 unspecified atom stereocenters. The second-order valence-corrected chi connectivity index (χ2v) is 4.70. The molecule has 0 aliphatic carbocycles. The molecule has 20 heavy (non-hydrogen) atoms. The van der Waals surface area contributed by atoms with Crippen molar-refractivity contribution in [3.8, 4) is 11.5 Å². The minimum absolute atomic E-state index is 0.111. The van der Waals surface area contributed by atoms with Gasteiger partial charge in [-0.05, 0) is 12.1 Å². The van der Waals surface area contributed by atoms with Crippen molar-refractivity contribution in [1.82, 2.24) is 9.97 Å². The Balaban J connectivity index is 1.62. The standard InChI is InChI=1S/C13H13ClN4O2/c14-11-5-12(18-13(15)17-11)16-6-8-7-19-9-3-1-2-4-10(9)20-8/h1-5,8H,6-7H2,(H3,15,16,17,18)/t8-/m1/s1. The molecular weight excluding hydrogens is 280 g/mol. The molecule has 3 rings (SSSR count). The summed E-state index contributed by atoms with van der Waals surface area (Å²) >= 11 is 5.81. The van der Waals surface area contributed by atoms with Gasteiger partial charge in [-0.3, -0.25) is 0 Å². The fourth-order valence-electron chi connectivity index (χ4n) is 1.91. The van der Waals surface area contributed by atoms with Gasteiger partial charge in [-0.15, -0.1) is 0 Å². The Labute approximate surface area is 120 Å². The molecule has 2 aromatic rings. The molecule has 1 atom stereocenters. The summed E-state index contributed by atoms with van der Waals surface area (Å²) in [4.78, 5) is 7.83. The van der Waals surface area contributed by atoms with Gasteiger partial charge in [0.15, 0.2) is 11.5 Å². The van der Waals surface area contributed by atoms with E-state index in [2.05, 4.69) is 15.3 Å². The molecule has 7 heteroatoms. The van der Waals surface area contributed by atoms with Crippen LogP contribution in [0.15, 0.2) is 30.3 Å². The highest BCUT2D eigenvalue weighted by Gasteiger charge is 2.20. The zero-order valence-corrected chi connectivity index (χ0v) is 11.3. The van der Waals surface area contributed by atoms with Crippen molar-refractivity contribution in [1.29, 1.82) is 0 Å². The summed E-state index contributed by atoms with van der Waals surface area (Å²) in [6, 6.07) is 9.18. The lowest BCUT2D eigenvalue weighted by atomic mass is 10.2. The van der Waals surface area contributed by atoms with Gasteiger partial charge in [0.05, 0.1) is 6.54 Å². The molecule has 0 fully saturated rings. The molecule has 0 spiro atoms. The topological polar surface area (TPSA) is 82.3 Å². The predicted molar refractivity (Wildman–Crippen MR) is 76.3 cm³/mol. The molecule has 0 amide bonds. The number of hydrogen-bond acceptors (Lipinski definition) is 6. The Morgan fingerprint density at radius 1 is 1.30 bits per heavy atom. The maximum Gasteiger partial charge on any atom is 0.223 e. The third kappa shape index (κ3) is 2.85. The zero-order chi connectivity index (χ0) is 13.9. The first kappa shape index (κ1) is 12.8. The van der Waals surface area contributed by atoms with Crippen molar-refractivity contribution in [2.75, 3.05) is 24.2 Å². The number of nitrogens with two attached hydrogens (primary N) is 1. The highest BCUT2D eigenvalue weighted by atomic mass is 35.5. The lowest BCUT2D eigenvalue weighted by Gasteiger charge is -2.26. The number of benzene rings is 1. The summed E-state index contributed by atoms with van der Waals surface area (Å²) in [5, 5.41) is 3.40. The summed E-state index contributed by atoms with van der Waals surface area (Å²) in [6.45, 7) is 0.999. The molecule has 1 aliphatic heterocycles. The van der Waals surface area contributed by atoms with Crippen molar-refractivity contribution < 1.29 is 9.47 Å². The van der Waals surface area contributed by atoms with E-state index in [4.69, 9.17) is 26.8 Å². The smallest absolute Gasteiger partial charge is 0.223 e.